The summed E-state index contributed by atoms with van der Waals surface area (Å²) in [5.74, 6) is 1.69. The molecule has 94 valence electrons. The Morgan fingerprint density at radius 3 is 2.83 bits per heavy atom. The minimum Gasteiger partial charge on any atom is -0.494 e. The van der Waals surface area contributed by atoms with E-state index in [1.54, 1.807) is 12.1 Å². The van der Waals surface area contributed by atoms with Crippen LogP contribution >= 0.6 is 11.6 Å². The van der Waals surface area contributed by atoms with Crippen molar-refractivity contribution < 1.29 is 9.47 Å². The molecule has 0 aliphatic rings. The maximum absolute atomic E-state index is 5.94. The monoisotopic (exact) mass is 265 g/mol. The Morgan fingerprint density at radius 2 is 2.06 bits per heavy atom. The van der Waals surface area contributed by atoms with Gasteiger partial charge in [-0.2, -0.15) is 4.98 Å². The van der Waals surface area contributed by atoms with Gasteiger partial charge in [-0.05, 0) is 19.1 Å². The van der Waals surface area contributed by atoms with Gasteiger partial charge in [-0.15, -0.1) is 0 Å². The fraction of sp³-hybridized carbons (Fsp3) is 0.167. The number of nitrogens with two attached hydrogens (primary N) is 1. The average Bonchev–Trinajstić information content (AvgIpc) is 2.36. The van der Waals surface area contributed by atoms with Gasteiger partial charge in [0.1, 0.15) is 28.7 Å². The van der Waals surface area contributed by atoms with Crippen LogP contribution in [0.2, 0.25) is 5.02 Å². The highest BCUT2D eigenvalue weighted by Gasteiger charge is 2.09. The molecule has 1 heterocycles. The summed E-state index contributed by atoms with van der Waals surface area (Å²) >= 11 is 5.94. The Bertz CT molecular complexity index is 549. The van der Waals surface area contributed by atoms with Crippen LogP contribution in [-0.4, -0.2) is 16.6 Å². The Morgan fingerprint density at radius 1 is 1.28 bits per heavy atom. The molecule has 0 aliphatic heterocycles. The summed E-state index contributed by atoms with van der Waals surface area (Å²) in [7, 11) is 0. The molecule has 0 saturated heterocycles. The molecule has 1 aromatic heterocycles. The first kappa shape index (κ1) is 12.4. The highest BCUT2D eigenvalue weighted by molar-refractivity contribution is 6.34. The molecule has 0 atom stereocenters. The molecular weight excluding hydrogens is 254 g/mol. The van der Waals surface area contributed by atoms with Crippen molar-refractivity contribution in [1.29, 1.82) is 0 Å². The van der Waals surface area contributed by atoms with E-state index in [0.717, 1.165) is 0 Å². The Hall–Kier alpha value is -2.01. The lowest BCUT2D eigenvalue weighted by Crippen LogP contribution is -1.97. The summed E-state index contributed by atoms with van der Waals surface area (Å²) < 4.78 is 10.9. The molecule has 0 unspecified atom stereocenters. The third kappa shape index (κ3) is 2.81. The summed E-state index contributed by atoms with van der Waals surface area (Å²) in [5, 5.41) is 0.194. The van der Waals surface area contributed by atoms with E-state index >= 15 is 0 Å². The van der Waals surface area contributed by atoms with E-state index in [1.165, 1.54) is 6.33 Å². The minimum absolute atomic E-state index is 0.183. The van der Waals surface area contributed by atoms with Crippen LogP contribution in [0.4, 0.5) is 5.82 Å². The molecule has 0 aliphatic carbocycles. The summed E-state index contributed by atoms with van der Waals surface area (Å²) in [5.41, 5.74) is 5.56. The molecule has 2 rings (SSSR count). The van der Waals surface area contributed by atoms with Gasteiger partial charge in [-0.1, -0.05) is 17.7 Å². The highest BCUT2D eigenvalue weighted by Crippen LogP contribution is 2.31. The summed E-state index contributed by atoms with van der Waals surface area (Å²) in [6.45, 7) is 2.50. The average molecular weight is 266 g/mol. The third-order valence-corrected chi connectivity index (χ3v) is 2.47. The van der Waals surface area contributed by atoms with Gasteiger partial charge >= 0.3 is 0 Å². The van der Waals surface area contributed by atoms with E-state index in [1.807, 2.05) is 19.1 Å². The lowest BCUT2D eigenvalue weighted by molar-refractivity contribution is 0.338. The predicted octanol–water partition coefficient (Wildman–Crippen LogP) is 2.90. The van der Waals surface area contributed by atoms with Crippen LogP contribution in [0.3, 0.4) is 0 Å². The number of anilines is 1. The summed E-state index contributed by atoms with van der Waals surface area (Å²) in [6, 6.07) is 7.18. The van der Waals surface area contributed by atoms with Crippen LogP contribution in [0, 0.1) is 0 Å². The van der Waals surface area contributed by atoms with Gasteiger partial charge in [-0.25, -0.2) is 4.98 Å². The molecule has 6 heteroatoms. The van der Waals surface area contributed by atoms with Crippen LogP contribution in [0.15, 0.2) is 30.6 Å². The molecule has 0 fully saturated rings. The maximum atomic E-state index is 5.94. The number of nitrogen functional groups attached to an aromatic ring is 1. The number of ether oxygens (including phenoxy) is 2. The number of halogens is 1. The summed E-state index contributed by atoms with van der Waals surface area (Å²) in [4.78, 5) is 7.68. The molecule has 2 aromatic rings. The van der Waals surface area contributed by atoms with Crippen molar-refractivity contribution in [2.45, 2.75) is 6.92 Å². The lowest BCUT2D eigenvalue weighted by Gasteiger charge is -2.08. The Balaban J connectivity index is 2.23. The molecule has 0 radical (unpaired) electrons. The van der Waals surface area contributed by atoms with Gasteiger partial charge in [0.25, 0.3) is 0 Å². The van der Waals surface area contributed by atoms with Gasteiger partial charge in [0.2, 0.25) is 5.88 Å². The number of hydrogen-bond donors (Lipinski definition) is 1. The minimum atomic E-state index is 0.183. The summed E-state index contributed by atoms with van der Waals surface area (Å²) in [6.07, 6.45) is 1.29. The highest BCUT2D eigenvalue weighted by atomic mass is 35.5. The van der Waals surface area contributed by atoms with Crippen molar-refractivity contribution in [3.05, 3.63) is 35.6 Å². The van der Waals surface area contributed by atoms with E-state index in [4.69, 9.17) is 26.8 Å². The largest absolute Gasteiger partial charge is 0.494 e. The van der Waals surface area contributed by atoms with Gasteiger partial charge in [0, 0.05) is 6.07 Å². The zero-order chi connectivity index (χ0) is 13.0. The first-order valence-corrected chi connectivity index (χ1v) is 5.75. The van der Waals surface area contributed by atoms with Gasteiger partial charge in [0.05, 0.1) is 6.61 Å². The van der Waals surface area contributed by atoms with Gasteiger partial charge in [0.15, 0.2) is 0 Å². The second kappa shape index (κ2) is 5.55. The second-order valence-corrected chi connectivity index (χ2v) is 3.77. The van der Waals surface area contributed by atoms with E-state index in [9.17, 15) is 0 Å². The molecule has 5 nitrogen and oxygen atoms in total. The molecule has 0 saturated carbocycles. The van der Waals surface area contributed by atoms with E-state index in [-0.39, 0.29) is 16.7 Å². The zero-order valence-electron chi connectivity index (χ0n) is 9.76. The molecule has 18 heavy (non-hydrogen) atoms. The van der Waals surface area contributed by atoms with E-state index in [0.29, 0.717) is 18.1 Å². The number of aromatic nitrogens is 2. The first-order chi connectivity index (χ1) is 8.70. The normalized spacial score (nSPS) is 10.1. The quantitative estimate of drug-likeness (QED) is 0.920. The van der Waals surface area contributed by atoms with Crippen molar-refractivity contribution in [3.8, 4) is 17.4 Å². The zero-order valence-corrected chi connectivity index (χ0v) is 10.5. The number of benzene rings is 1. The standard InChI is InChI=1S/C12H12ClN3O2/c1-2-17-8-4-3-5-9(6-8)18-12-10(13)11(14)15-7-16-12/h3-7H,2H2,1H3,(H2,14,15,16). The maximum Gasteiger partial charge on any atom is 0.243 e. The second-order valence-electron chi connectivity index (χ2n) is 3.39. The van der Waals surface area contributed by atoms with E-state index in [2.05, 4.69) is 9.97 Å². The Kier molecular flexibility index (Phi) is 3.84. The van der Waals surface area contributed by atoms with E-state index < -0.39 is 0 Å². The van der Waals surface area contributed by atoms with Gasteiger partial charge < -0.3 is 15.2 Å². The molecule has 1 aromatic carbocycles. The number of rotatable bonds is 4. The van der Waals surface area contributed by atoms with Crippen molar-refractivity contribution in [2.75, 3.05) is 12.3 Å². The van der Waals surface area contributed by atoms with Crippen molar-refractivity contribution in [3.63, 3.8) is 0 Å². The number of nitrogens with zero attached hydrogens (tertiary/aromatic N) is 2. The lowest BCUT2D eigenvalue weighted by atomic mass is 10.3. The first-order valence-electron chi connectivity index (χ1n) is 5.37. The van der Waals surface area contributed by atoms with Crippen LogP contribution in [0.25, 0.3) is 0 Å². The van der Waals surface area contributed by atoms with Crippen LogP contribution in [0.1, 0.15) is 6.92 Å². The Labute approximate surface area is 110 Å². The fourth-order valence-corrected chi connectivity index (χ4v) is 1.48. The van der Waals surface area contributed by atoms with Gasteiger partial charge in [-0.3, -0.25) is 0 Å². The van der Waals surface area contributed by atoms with Crippen LogP contribution < -0.4 is 15.2 Å². The molecule has 0 bridgehead atoms. The topological polar surface area (TPSA) is 70.3 Å². The number of hydrogen-bond acceptors (Lipinski definition) is 5. The van der Waals surface area contributed by atoms with Crippen LogP contribution in [-0.2, 0) is 0 Å². The van der Waals surface area contributed by atoms with Crippen molar-refractivity contribution in [1.82, 2.24) is 9.97 Å². The molecule has 0 amide bonds. The molecule has 0 spiro atoms. The van der Waals surface area contributed by atoms with Crippen LogP contribution in [0.5, 0.6) is 17.4 Å². The van der Waals surface area contributed by atoms with Crippen molar-refractivity contribution >= 4 is 17.4 Å². The third-order valence-electron chi connectivity index (χ3n) is 2.12. The SMILES string of the molecule is CCOc1cccc(Oc2ncnc(N)c2Cl)c1. The predicted molar refractivity (Wildman–Crippen MR) is 69.1 cm³/mol. The fourth-order valence-electron chi connectivity index (χ4n) is 1.34. The molecular formula is C12H12ClN3O2. The van der Waals surface area contributed by atoms with Crippen molar-refractivity contribution in [2.24, 2.45) is 0 Å². The molecule has 2 N–H and O–H groups in total. The smallest absolute Gasteiger partial charge is 0.243 e.